The summed E-state index contributed by atoms with van der Waals surface area (Å²) >= 11 is 0. The number of aliphatic carboxylic acids is 1. The first-order valence-corrected chi connectivity index (χ1v) is 9.29. The van der Waals surface area contributed by atoms with E-state index in [1.807, 2.05) is 67.6 Å². The van der Waals surface area contributed by atoms with E-state index in [0.717, 1.165) is 28.0 Å². The minimum absolute atomic E-state index is 0.151. The second-order valence-corrected chi connectivity index (χ2v) is 6.87. The van der Waals surface area contributed by atoms with Crippen LogP contribution in [-0.2, 0) is 4.79 Å². The van der Waals surface area contributed by atoms with Gasteiger partial charge in [0.05, 0.1) is 6.42 Å². The van der Waals surface area contributed by atoms with Crippen LogP contribution in [0.1, 0.15) is 30.0 Å². The van der Waals surface area contributed by atoms with Crippen molar-refractivity contribution in [2.75, 3.05) is 0 Å². The number of carboxylic acid groups (broad SMARTS) is 1. The lowest BCUT2D eigenvalue weighted by molar-refractivity contribution is -0.135. The Kier molecular flexibility index (Phi) is 5.00. The fourth-order valence-electron chi connectivity index (χ4n) is 3.60. The second-order valence-electron chi connectivity index (χ2n) is 6.87. The summed E-state index contributed by atoms with van der Waals surface area (Å²) in [5.41, 5.74) is 4.67. The molecule has 0 heterocycles. The number of para-hydroxylation sites is 2. The van der Waals surface area contributed by atoms with E-state index in [4.69, 9.17) is 4.74 Å². The van der Waals surface area contributed by atoms with Gasteiger partial charge >= 0.3 is 5.97 Å². The summed E-state index contributed by atoms with van der Waals surface area (Å²) < 4.78 is 19.9. The van der Waals surface area contributed by atoms with Crippen LogP contribution in [0, 0.1) is 5.82 Å². The van der Waals surface area contributed by atoms with Crippen LogP contribution in [0.2, 0.25) is 0 Å². The number of benzene rings is 3. The molecule has 0 amide bonds. The molecule has 0 saturated heterocycles. The highest BCUT2D eigenvalue weighted by Crippen LogP contribution is 2.44. The van der Waals surface area contributed by atoms with Gasteiger partial charge in [0.2, 0.25) is 0 Å². The number of halogens is 1. The molecule has 0 unspecified atom stereocenters. The standard InChI is InChI=1S/C25H19FO3/c1-16-21(20-12-11-18(26)14-23(20)22(16)15-25(27)28)13-17-7-5-6-10-24(17)29-19-8-3-2-4-9-19/h2-14H,15H2,1H3,(H,27,28)/b21-13-. The van der Waals surface area contributed by atoms with E-state index < -0.39 is 5.97 Å². The van der Waals surface area contributed by atoms with Gasteiger partial charge in [-0.3, -0.25) is 4.79 Å². The number of hydrogen-bond donors (Lipinski definition) is 1. The largest absolute Gasteiger partial charge is 0.481 e. The molecule has 0 aromatic heterocycles. The SMILES string of the molecule is CC1=C(CC(=O)O)c2cc(F)ccc2/C1=C\c1ccccc1Oc1ccccc1. The molecule has 1 aliphatic rings. The predicted molar refractivity (Wildman–Crippen MR) is 112 cm³/mol. The third-order valence-electron chi connectivity index (χ3n) is 4.97. The molecule has 3 aromatic carbocycles. The van der Waals surface area contributed by atoms with Crippen LogP contribution in [0.3, 0.4) is 0 Å². The van der Waals surface area contributed by atoms with Crippen LogP contribution in [0.5, 0.6) is 11.5 Å². The van der Waals surface area contributed by atoms with Crippen LogP contribution in [0.15, 0.2) is 78.4 Å². The van der Waals surface area contributed by atoms with Crippen LogP contribution >= 0.6 is 0 Å². The first-order chi connectivity index (χ1) is 14.0. The van der Waals surface area contributed by atoms with Gasteiger partial charge < -0.3 is 9.84 Å². The molecule has 3 nitrogen and oxygen atoms in total. The Hall–Kier alpha value is -3.66. The number of allylic oxidation sites excluding steroid dienone is 2. The van der Waals surface area contributed by atoms with Crippen LogP contribution in [0.25, 0.3) is 17.2 Å². The first-order valence-electron chi connectivity index (χ1n) is 9.29. The number of fused-ring (bicyclic) bond motifs is 1. The first kappa shape index (κ1) is 18.7. The van der Waals surface area contributed by atoms with E-state index in [9.17, 15) is 14.3 Å². The summed E-state index contributed by atoms with van der Waals surface area (Å²) in [5.74, 6) is 0.0949. The maximum absolute atomic E-state index is 13.9. The maximum atomic E-state index is 13.9. The van der Waals surface area contributed by atoms with E-state index in [2.05, 4.69) is 0 Å². The molecule has 0 atom stereocenters. The van der Waals surface area contributed by atoms with Crippen molar-refractivity contribution in [1.29, 1.82) is 0 Å². The fourth-order valence-corrected chi connectivity index (χ4v) is 3.60. The highest BCUT2D eigenvalue weighted by atomic mass is 19.1. The van der Waals surface area contributed by atoms with Crippen LogP contribution in [0.4, 0.5) is 4.39 Å². The average molecular weight is 386 g/mol. The summed E-state index contributed by atoms with van der Waals surface area (Å²) in [5, 5.41) is 9.30. The van der Waals surface area contributed by atoms with Crippen molar-refractivity contribution in [3.8, 4) is 11.5 Å². The quantitative estimate of drug-likeness (QED) is 0.550. The van der Waals surface area contributed by atoms with Gasteiger partial charge in [-0.25, -0.2) is 4.39 Å². The van der Waals surface area contributed by atoms with Gasteiger partial charge in [0.1, 0.15) is 17.3 Å². The van der Waals surface area contributed by atoms with Crippen molar-refractivity contribution in [1.82, 2.24) is 0 Å². The van der Waals surface area contributed by atoms with Gasteiger partial charge in [0, 0.05) is 5.56 Å². The Labute approximate surface area is 168 Å². The molecule has 1 N–H and O–H groups in total. The van der Waals surface area contributed by atoms with Gasteiger partial charge in [-0.15, -0.1) is 0 Å². The maximum Gasteiger partial charge on any atom is 0.307 e. The zero-order valence-corrected chi connectivity index (χ0v) is 15.9. The molecule has 0 aliphatic heterocycles. The Balaban J connectivity index is 1.81. The minimum atomic E-state index is -0.941. The number of carbonyl (C=O) groups is 1. The van der Waals surface area contributed by atoms with Crippen molar-refractivity contribution >= 4 is 23.2 Å². The third kappa shape index (κ3) is 3.83. The van der Waals surface area contributed by atoms with Crippen LogP contribution in [-0.4, -0.2) is 11.1 Å². The minimum Gasteiger partial charge on any atom is -0.481 e. The number of carboxylic acids is 1. The lowest BCUT2D eigenvalue weighted by Gasteiger charge is -2.10. The molecule has 3 aromatic rings. The predicted octanol–water partition coefficient (Wildman–Crippen LogP) is 6.42. The van der Waals surface area contributed by atoms with Crippen molar-refractivity contribution in [3.63, 3.8) is 0 Å². The molecule has 4 rings (SSSR count). The van der Waals surface area contributed by atoms with E-state index in [0.29, 0.717) is 16.9 Å². The summed E-state index contributed by atoms with van der Waals surface area (Å²) in [6, 6.07) is 21.7. The fraction of sp³-hybridized carbons (Fsp3) is 0.0800. The normalized spacial score (nSPS) is 14.2. The summed E-state index contributed by atoms with van der Waals surface area (Å²) in [4.78, 5) is 11.4. The van der Waals surface area contributed by atoms with Crippen molar-refractivity contribution in [3.05, 3.63) is 101 Å². The molecule has 1 aliphatic carbocycles. The van der Waals surface area contributed by atoms with Gasteiger partial charge in [-0.2, -0.15) is 0 Å². The summed E-state index contributed by atoms with van der Waals surface area (Å²) in [7, 11) is 0. The second kappa shape index (κ2) is 7.76. The number of hydrogen-bond acceptors (Lipinski definition) is 2. The molecule has 0 saturated carbocycles. The molecule has 0 spiro atoms. The lowest BCUT2D eigenvalue weighted by atomic mass is 10.00. The Bertz CT molecular complexity index is 1140. The lowest BCUT2D eigenvalue weighted by Crippen LogP contribution is -1.97. The van der Waals surface area contributed by atoms with Gasteiger partial charge in [-0.1, -0.05) is 42.5 Å². The molecule has 0 bridgehead atoms. The molecule has 144 valence electrons. The van der Waals surface area contributed by atoms with E-state index >= 15 is 0 Å². The molecule has 0 radical (unpaired) electrons. The number of rotatable bonds is 5. The van der Waals surface area contributed by atoms with Crippen molar-refractivity contribution in [2.45, 2.75) is 13.3 Å². The Morgan fingerprint density at radius 2 is 1.72 bits per heavy atom. The highest BCUT2D eigenvalue weighted by Gasteiger charge is 2.25. The average Bonchev–Trinajstić information content (AvgIpc) is 2.95. The van der Waals surface area contributed by atoms with E-state index in [-0.39, 0.29) is 12.2 Å². The Morgan fingerprint density at radius 1 is 1.00 bits per heavy atom. The Morgan fingerprint density at radius 3 is 2.48 bits per heavy atom. The number of ether oxygens (including phenoxy) is 1. The topological polar surface area (TPSA) is 46.5 Å². The molecule has 29 heavy (non-hydrogen) atoms. The van der Waals surface area contributed by atoms with E-state index in [1.165, 1.54) is 12.1 Å². The van der Waals surface area contributed by atoms with Gasteiger partial charge in [-0.05, 0) is 71.2 Å². The smallest absolute Gasteiger partial charge is 0.307 e. The van der Waals surface area contributed by atoms with E-state index in [1.54, 1.807) is 6.07 Å². The zero-order valence-electron chi connectivity index (χ0n) is 15.9. The van der Waals surface area contributed by atoms with Crippen molar-refractivity contribution in [2.24, 2.45) is 0 Å². The van der Waals surface area contributed by atoms with Gasteiger partial charge in [0.25, 0.3) is 0 Å². The summed E-state index contributed by atoms with van der Waals surface area (Å²) in [6.07, 6.45) is 1.82. The molecular formula is C25H19FO3. The molecular weight excluding hydrogens is 367 g/mol. The van der Waals surface area contributed by atoms with Gasteiger partial charge in [0.15, 0.2) is 0 Å². The zero-order chi connectivity index (χ0) is 20.4. The highest BCUT2D eigenvalue weighted by molar-refractivity contribution is 6.07. The van der Waals surface area contributed by atoms with Crippen molar-refractivity contribution < 1.29 is 19.0 Å². The molecule has 4 heteroatoms. The van der Waals surface area contributed by atoms with Crippen LogP contribution < -0.4 is 4.74 Å². The summed E-state index contributed by atoms with van der Waals surface area (Å²) in [6.45, 7) is 1.88. The third-order valence-corrected chi connectivity index (χ3v) is 4.97. The molecule has 0 fully saturated rings. The monoisotopic (exact) mass is 386 g/mol.